The Kier molecular flexibility index (Phi) is 3.96. The van der Waals surface area contributed by atoms with Crippen molar-refractivity contribution in [1.29, 1.82) is 0 Å². The van der Waals surface area contributed by atoms with Crippen LogP contribution in [0.3, 0.4) is 0 Å². The van der Waals surface area contributed by atoms with Crippen molar-refractivity contribution in [3.8, 4) is 0 Å². The number of H-pyrrole nitrogens is 1. The van der Waals surface area contributed by atoms with Crippen molar-refractivity contribution in [2.45, 2.75) is 9.79 Å². The molecule has 0 bridgehead atoms. The molecule has 3 rings (SSSR count). The Hall–Kier alpha value is -2.18. The maximum atomic E-state index is 11.0. The van der Waals surface area contributed by atoms with E-state index in [0.717, 1.165) is 25.7 Å². The monoisotopic (exact) mass is 333 g/mol. The molecule has 0 aliphatic rings. The quantitative estimate of drug-likeness (QED) is 0.741. The Balaban J connectivity index is 1.89. The first-order chi connectivity index (χ1) is 10.5. The number of nitrogens with zero attached hydrogens (tertiary/aromatic N) is 2. The third-order valence-corrected chi connectivity index (χ3v) is 4.35. The van der Waals surface area contributed by atoms with Gasteiger partial charge in [-0.1, -0.05) is 23.4 Å². The highest BCUT2D eigenvalue weighted by atomic mass is 35.5. The van der Waals surface area contributed by atoms with Gasteiger partial charge < -0.3 is 10.1 Å². The van der Waals surface area contributed by atoms with Crippen LogP contribution < -0.4 is 4.90 Å². The Morgan fingerprint density at radius 3 is 2.59 bits per heavy atom. The molecule has 22 heavy (non-hydrogen) atoms. The van der Waals surface area contributed by atoms with Crippen LogP contribution >= 0.6 is 23.4 Å². The summed E-state index contributed by atoms with van der Waals surface area (Å²) in [5.74, 6) is 0.302. The number of anilines is 1. The number of nitrogens with one attached hydrogen (secondary N) is 1. The fourth-order valence-corrected chi connectivity index (χ4v) is 2.90. The van der Waals surface area contributed by atoms with Crippen molar-refractivity contribution in [2.75, 3.05) is 11.9 Å². The summed E-state index contributed by atoms with van der Waals surface area (Å²) in [4.78, 5) is 21.4. The topological polar surface area (TPSA) is 69.2 Å². The van der Waals surface area contributed by atoms with Crippen molar-refractivity contribution >= 4 is 46.4 Å². The van der Waals surface area contributed by atoms with Crippen LogP contribution in [0, 0.1) is 0 Å². The zero-order valence-electron chi connectivity index (χ0n) is 11.6. The van der Waals surface area contributed by atoms with E-state index in [-0.39, 0.29) is 0 Å². The molecule has 2 aromatic carbocycles. The average Bonchev–Trinajstić information content (AvgIpc) is 2.91. The summed E-state index contributed by atoms with van der Waals surface area (Å²) >= 11 is 7.47. The summed E-state index contributed by atoms with van der Waals surface area (Å²) in [6.45, 7) is 0. The zero-order valence-corrected chi connectivity index (χ0v) is 13.1. The molecule has 1 amide bonds. The van der Waals surface area contributed by atoms with Gasteiger partial charge >= 0.3 is 6.09 Å². The Morgan fingerprint density at radius 2 is 1.91 bits per heavy atom. The number of aromatic amines is 1. The van der Waals surface area contributed by atoms with E-state index in [9.17, 15) is 4.79 Å². The van der Waals surface area contributed by atoms with E-state index >= 15 is 0 Å². The molecule has 7 heteroatoms. The fraction of sp³-hybridized carbons (Fsp3) is 0.0667. The molecule has 0 saturated heterocycles. The van der Waals surface area contributed by atoms with Gasteiger partial charge in [0.05, 0.1) is 11.0 Å². The molecule has 0 aliphatic heterocycles. The van der Waals surface area contributed by atoms with Crippen LogP contribution in [0.15, 0.2) is 52.3 Å². The molecular weight excluding hydrogens is 322 g/mol. The van der Waals surface area contributed by atoms with Gasteiger partial charge in [-0.2, -0.15) is 0 Å². The van der Waals surface area contributed by atoms with E-state index in [4.69, 9.17) is 16.7 Å². The summed E-state index contributed by atoms with van der Waals surface area (Å²) in [6.07, 6.45) is -1.06. The van der Waals surface area contributed by atoms with Crippen molar-refractivity contribution in [2.24, 2.45) is 0 Å². The van der Waals surface area contributed by atoms with Gasteiger partial charge in [0.25, 0.3) is 0 Å². The van der Waals surface area contributed by atoms with E-state index in [2.05, 4.69) is 9.97 Å². The van der Waals surface area contributed by atoms with Gasteiger partial charge in [-0.15, -0.1) is 0 Å². The number of fused-ring (bicyclic) bond motifs is 1. The van der Waals surface area contributed by atoms with E-state index in [0.29, 0.717) is 11.0 Å². The van der Waals surface area contributed by atoms with E-state index < -0.39 is 6.09 Å². The van der Waals surface area contributed by atoms with Crippen molar-refractivity contribution in [3.63, 3.8) is 0 Å². The van der Waals surface area contributed by atoms with Gasteiger partial charge in [0.2, 0.25) is 5.95 Å². The second-order valence-corrected chi connectivity index (χ2v) is 6.22. The molecule has 0 saturated carbocycles. The van der Waals surface area contributed by atoms with Gasteiger partial charge in [-0.3, -0.25) is 4.90 Å². The second-order valence-electron chi connectivity index (χ2n) is 4.64. The third-order valence-electron chi connectivity index (χ3n) is 3.10. The molecule has 3 aromatic rings. The number of carboxylic acid groups (broad SMARTS) is 1. The number of carbonyl (C=O) groups is 1. The lowest BCUT2D eigenvalue weighted by atomic mass is 10.3. The van der Waals surface area contributed by atoms with E-state index in [1.165, 1.54) is 7.05 Å². The maximum absolute atomic E-state index is 11.0. The fourth-order valence-electron chi connectivity index (χ4n) is 1.92. The van der Waals surface area contributed by atoms with Crippen molar-refractivity contribution in [3.05, 3.63) is 47.5 Å². The summed E-state index contributed by atoms with van der Waals surface area (Å²) in [5.41, 5.74) is 1.52. The zero-order chi connectivity index (χ0) is 15.7. The molecule has 0 atom stereocenters. The standard InChI is InChI=1S/C15H12ClN3O2S/c1-19(15(20)21)14-17-12-7-6-11(8-13(12)18-14)22-10-4-2-9(16)3-5-10/h2-8H,1H3,(H,17,18)(H,20,21). The lowest BCUT2D eigenvalue weighted by Crippen LogP contribution is -2.24. The minimum atomic E-state index is -1.06. The van der Waals surface area contributed by atoms with Crippen LogP contribution in [0.25, 0.3) is 11.0 Å². The first-order valence-electron chi connectivity index (χ1n) is 6.43. The van der Waals surface area contributed by atoms with Gasteiger partial charge in [-0.25, -0.2) is 9.78 Å². The van der Waals surface area contributed by atoms with Gasteiger partial charge in [0, 0.05) is 21.9 Å². The van der Waals surface area contributed by atoms with Gasteiger partial charge in [0.15, 0.2) is 0 Å². The molecular formula is C15H12ClN3O2S. The Labute approximate surface area is 135 Å². The molecule has 0 unspecified atom stereocenters. The van der Waals surface area contributed by atoms with Crippen LogP contribution in [-0.4, -0.2) is 28.2 Å². The molecule has 1 heterocycles. The van der Waals surface area contributed by atoms with E-state index in [1.807, 2.05) is 42.5 Å². The van der Waals surface area contributed by atoms with Crippen molar-refractivity contribution < 1.29 is 9.90 Å². The largest absolute Gasteiger partial charge is 0.465 e. The molecule has 5 nitrogen and oxygen atoms in total. The highest BCUT2D eigenvalue weighted by Crippen LogP contribution is 2.30. The Bertz CT molecular complexity index is 832. The number of rotatable bonds is 3. The molecule has 0 fully saturated rings. The maximum Gasteiger partial charge on any atom is 0.413 e. The number of hydrogen-bond acceptors (Lipinski definition) is 3. The van der Waals surface area contributed by atoms with Gasteiger partial charge in [0.1, 0.15) is 0 Å². The highest BCUT2D eigenvalue weighted by molar-refractivity contribution is 7.99. The molecule has 0 radical (unpaired) electrons. The molecule has 0 aliphatic carbocycles. The Morgan fingerprint density at radius 1 is 1.23 bits per heavy atom. The third kappa shape index (κ3) is 3.03. The summed E-state index contributed by atoms with van der Waals surface area (Å²) in [5, 5.41) is 9.69. The van der Waals surface area contributed by atoms with Crippen LogP contribution in [0.4, 0.5) is 10.7 Å². The number of imidazole rings is 1. The van der Waals surface area contributed by atoms with Crippen LogP contribution in [0.2, 0.25) is 5.02 Å². The predicted molar refractivity (Wildman–Crippen MR) is 88.1 cm³/mol. The SMILES string of the molecule is CN(C(=O)O)c1nc2cc(Sc3ccc(Cl)cc3)ccc2[nH]1. The smallest absolute Gasteiger partial charge is 0.413 e. The summed E-state index contributed by atoms with van der Waals surface area (Å²) in [6, 6.07) is 13.4. The highest BCUT2D eigenvalue weighted by Gasteiger charge is 2.13. The molecule has 0 spiro atoms. The van der Waals surface area contributed by atoms with Crippen LogP contribution in [0.5, 0.6) is 0 Å². The minimum absolute atomic E-state index is 0.302. The van der Waals surface area contributed by atoms with E-state index in [1.54, 1.807) is 11.8 Å². The normalized spacial score (nSPS) is 10.8. The second kappa shape index (κ2) is 5.90. The molecule has 112 valence electrons. The summed E-state index contributed by atoms with van der Waals surface area (Å²) < 4.78 is 0. The number of amides is 1. The lowest BCUT2D eigenvalue weighted by molar-refractivity contribution is 0.203. The molecule has 2 N–H and O–H groups in total. The van der Waals surface area contributed by atoms with Crippen LogP contribution in [0.1, 0.15) is 0 Å². The number of aromatic nitrogens is 2. The first kappa shape index (κ1) is 14.7. The lowest BCUT2D eigenvalue weighted by Gasteiger charge is -2.07. The van der Waals surface area contributed by atoms with Crippen LogP contribution in [-0.2, 0) is 0 Å². The number of hydrogen-bond donors (Lipinski definition) is 2. The summed E-state index contributed by atoms with van der Waals surface area (Å²) in [7, 11) is 1.45. The average molecular weight is 334 g/mol. The predicted octanol–water partition coefficient (Wildman–Crippen LogP) is 4.48. The minimum Gasteiger partial charge on any atom is -0.465 e. The van der Waals surface area contributed by atoms with Crippen molar-refractivity contribution in [1.82, 2.24) is 9.97 Å². The van der Waals surface area contributed by atoms with Gasteiger partial charge in [-0.05, 0) is 42.5 Å². The molecule has 1 aromatic heterocycles. The number of halogens is 1. The first-order valence-corrected chi connectivity index (χ1v) is 7.62. The number of benzene rings is 2.